The minimum atomic E-state index is 0.263. The third kappa shape index (κ3) is 2.49. The predicted octanol–water partition coefficient (Wildman–Crippen LogP) is 2.15. The summed E-state index contributed by atoms with van der Waals surface area (Å²) in [7, 11) is 0. The van der Waals surface area contributed by atoms with Crippen LogP contribution in [0.25, 0.3) is 5.69 Å². The van der Waals surface area contributed by atoms with Crippen molar-refractivity contribution in [3.8, 4) is 5.69 Å². The van der Waals surface area contributed by atoms with Crippen LogP contribution in [0.3, 0.4) is 0 Å². The van der Waals surface area contributed by atoms with Crippen molar-refractivity contribution in [2.45, 2.75) is 25.8 Å². The van der Waals surface area contributed by atoms with E-state index in [1.807, 2.05) is 10.8 Å². The largest absolute Gasteiger partial charge is 0.327 e. The van der Waals surface area contributed by atoms with Gasteiger partial charge < -0.3 is 10.3 Å². The van der Waals surface area contributed by atoms with Gasteiger partial charge in [0.2, 0.25) is 0 Å². The van der Waals surface area contributed by atoms with Crippen LogP contribution in [0.1, 0.15) is 18.9 Å². The molecule has 0 aliphatic carbocycles. The molecule has 0 saturated carbocycles. The Labute approximate surface area is 95.9 Å². The second kappa shape index (κ2) is 4.94. The molecule has 0 fully saturated rings. The van der Waals surface area contributed by atoms with Crippen molar-refractivity contribution in [1.29, 1.82) is 0 Å². The fourth-order valence-corrected chi connectivity index (χ4v) is 1.66. The summed E-state index contributed by atoms with van der Waals surface area (Å²) in [5, 5.41) is 0. The van der Waals surface area contributed by atoms with Crippen LogP contribution in [0.4, 0.5) is 0 Å². The van der Waals surface area contributed by atoms with E-state index in [1.54, 1.807) is 12.5 Å². The summed E-state index contributed by atoms with van der Waals surface area (Å²) >= 11 is 0. The summed E-state index contributed by atoms with van der Waals surface area (Å²) in [6, 6.07) is 8.72. The summed E-state index contributed by atoms with van der Waals surface area (Å²) in [5.41, 5.74) is 8.34. The lowest BCUT2D eigenvalue weighted by molar-refractivity contribution is 0.646. The van der Waals surface area contributed by atoms with E-state index in [4.69, 9.17) is 5.73 Å². The van der Waals surface area contributed by atoms with Gasteiger partial charge in [0.1, 0.15) is 0 Å². The van der Waals surface area contributed by atoms with Gasteiger partial charge in [0.15, 0.2) is 0 Å². The van der Waals surface area contributed by atoms with Crippen LogP contribution in [0.15, 0.2) is 43.0 Å². The Morgan fingerprint density at radius 3 is 2.62 bits per heavy atom. The molecule has 0 bridgehead atoms. The average Bonchev–Trinajstić information content (AvgIpc) is 2.83. The van der Waals surface area contributed by atoms with E-state index < -0.39 is 0 Å². The molecule has 1 heterocycles. The molecule has 2 aromatic rings. The first-order chi connectivity index (χ1) is 7.79. The monoisotopic (exact) mass is 215 g/mol. The van der Waals surface area contributed by atoms with E-state index in [-0.39, 0.29) is 6.04 Å². The van der Waals surface area contributed by atoms with Gasteiger partial charge in [-0.05, 0) is 30.5 Å². The Kier molecular flexibility index (Phi) is 3.37. The lowest BCUT2D eigenvalue weighted by Gasteiger charge is -2.09. The quantitative estimate of drug-likeness (QED) is 0.849. The Bertz CT molecular complexity index is 417. The van der Waals surface area contributed by atoms with Gasteiger partial charge in [-0.1, -0.05) is 19.1 Å². The molecule has 0 spiro atoms. The second-order valence-electron chi connectivity index (χ2n) is 4.01. The summed E-state index contributed by atoms with van der Waals surface area (Å²) in [5.74, 6) is 0. The Hall–Kier alpha value is -1.61. The third-order valence-corrected chi connectivity index (χ3v) is 2.76. The van der Waals surface area contributed by atoms with Gasteiger partial charge in [-0.2, -0.15) is 0 Å². The highest BCUT2D eigenvalue weighted by Crippen LogP contribution is 2.11. The van der Waals surface area contributed by atoms with Gasteiger partial charge in [0, 0.05) is 24.1 Å². The van der Waals surface area contributed by atoms with Gasteiger partial charge in [-0.25, -0.2) is 4.98 Å². The molecule has 0 radical (unpaired) electrons. The number of aromatic nitrogens is 2. The summed E-state index contributed by atoms with van der Waals surface area (Å²) < 4.78 is 1.99. The third-order valence-electron chi connectivity index (χ3n) is 2.76. The van der Waals surface area contributed by atoms with Crippen molar-refractivity contribution in [2.24, 2.45) is 5.73 Å². The zero-order valence-electron chi connectivity index (χ0n) is 9.50. The Morgan fingerprint density at radius 1 is 1.31 bits per heavy atom. The summed E-state index contributed by atoms with van der Waals surface area (Å²) in [6.45, 7) is 2.12. The molecule has 84 valence electrons. The van der Waals surface area contributed by atoms with Crippen LogP contribution in [0.2, 0.25) is 0 Å². The van der Waals surface area contributed by atoms with Crippen molar-refractivity contribution < 1.29 is 0 Å². The topological polar surface area (TPSA) is 43.8 Å². The predicted molar refractivity (Wildman–Crippen MR) is 65.5 cm³/mol. The summed E-state index contributed by atoms with van der Waals surface area (Å²) in [4.78, 5) is 4.03. The Balaban J connectivity index is 2.11. The van der Waals surface area contributed by atoms with Gasteiger partial charge in [0.05, 0.1) is 6.33 Å². The highest BCUT2D eigenvalue weighted by atomic mass is 15.0. The van der Waals surface area contributed by atoms with Gasteiger partial charge in [-0.15, -0.1) is 0 Å². The van der Waals surface area contributed by atoms with E-state index in [0.717, 1.165) is 18.5 Å². The zero-order valence-corrected chi connectivity index (χ0v) is 9.50. The number of imidazole rings is 1. The lowest BCUT2D eigenvalue weighted by atomic mass is 10.0. The molecule has 3 nitrogen and oxygen atoms in total. The minimum absolute atomic E-state index is 0.263. The molecule has 1 aromatic carbocycles. The normalized spacial score (nSPS) is 12.6. The van der Waals surface area contributed by atoms with Crippen LogP contribution in [-0.2, 0) is 6.42 Å². The number of rotatable bonds is 4. The first kappa shape index (κ1) is 10.9. The zero-order chi connectivity index (χ0) is 11.4. The maximum absolute atomic E-state index is 5.92. The second-order valence-corrected chi connectivity index (χ2v) is 4.01. The molecule has 0 amide bonds. The molecule has 1 unspecified atom stereocenters. The first-order valence-corrected chi connectivity index (χ1v) is 5.62. The number of hydrogen-bond donors (Lipinski definition) is 1. The van der Waals surface area contributed by atoms with Crippen LogP contribution in [0, 0.1) is 0 Å². The molecule has 1 aromatic heterocycles. The molecule has 0 saturated heterocycles. The number of nitrogens with two attached hydrogens (primary N) is 1. The maximum atomic E-state index is 5.92. The molecular formula is C13H17N3. The van der Waals surface area contributed by atoms with E-state index in [2.05, 4.69) is 36.2 Å². The van der Waals surface area contributed by atoms with Crippen LogP contribution in [0.5, 0.6) is 0 Å². The van der Waals surface area contributed by atoms with E-state index in [9.17, 15) is 0 Å². The fraction of sp³-hybridized carbons (Fsp3) is 0.308. The lowest BCUT2D eigenvalue weighted by Crippen LogP contribution is -2.21. The number of nitrogens with zero attached hydrogens (tertiary/aromatic N) is 2. The summed E-state index contributed by atoms with van der Waals surface area (Å²) in [6.07, 6.45) is 7.48. The van der Waals surface area contributed by atoms with Crippen molar-refractivity contribution in [2.75, 3.05) is 0 Å². The maximum Gasteiger partial charge on any atom is 0.0991 e. The first-order valence-electron chi connectivity index (χ1n) is 5.62. The van der Waals surface area contributed by atoms with Crippen LogP contribution >= 0.6 is 0 Å². The van der Waals surface area contributed by atoms with Crippen molar-refractivity contribution in [3.63, 3.8) is 0 Å². The Morgan fingerprint density at radius 2 is 2.06 bits per heavy atom. The van der Waals surface area contributed by atoms with Gasteiger partial charge in [0.25, 0.3) is 0 Å². The molecule has 3 heteroatoms. The minimum Gasteiger partial charge on any atom is -0.327 e. The SMILES string of the molecule is CCC(N)Cc1ccc(-n2ccnc2)cc1. The molecular weight excluding hydrogens is 198 g/mol. The highest BCUT2D eigenvalue weighted by Gasteiger charge is 2.01. The van der Waals surface area contributed by atoms with Crippen molar-refractivity contribution >= 4 is 0 Å². The smallest absolute Gasteiger partial charge is 0.0991 e. The van der Waals surface area contributed by atoms with Gasteiger partial charge in [-0.3, -0.25) is 0 Å². The fourth-order valence-electron chi connectivity index (χ4n) is 1.66. The highest BCUT2D eigenvalue weighted by molar-refractivity contribution is 5.34. The van der Waals surface area contributed by atoms with E-state index in [1.165, 1.54) is 5.56 Å². The molecule has 0 aliphatic heterocycles. The molecule has 2 N–H and O–H groups in total. The molecule has 2 rings (SSSR count). The number of hydrogen-bond acceptors (Lipinski definition) is 2. The number of benzene rings is 1. The van der Waals surface area contributed by atoms with Crippen molar-refractivity contribution in [1.82, 2.24) is 9.55 Å². The molecule has 0 aliphatic rings. The van der Waals surface area contributed by atoms with Crippen LogP contribution in [-0.4, -0.2) is 15.6 Å². The van der Waals surface area contributed by atoms with Gasteiger partial charge >= 0.3 is 0 Å². The standard InChI is InChI=1S/C13H17N3/c1-2-12(14)9-11-3-5-13(6-4-11)16-8-7-15-10-16/h3-8,10,12H,2,9,14H2,1H3. The van der Waals surface area contributed by atoms with Crippen LogP contribution < -0.4 is 5.73 Å². The van der Waals surface area contributed by atoms with Crippen molar-refractivity contribution in [3.05, 3.63) is 48.5 Å². The molecule has 16 heavy (non-hydrogen) atoms. The van der Waals surface area contributed by atoms with E-state index in [0.29, 0.717) is 0 Å². The average molecular weight is 215 g/mol. The molecule has 1 atom stereocenters. The van der Waals surface area contributed by atoms with E-state index >= 15 is 0 Å².